The maximum absolute atomic E-state index is 11.6. The van der Waals surface area contributed by atoms with E-state index in [0.29, 0.717) is 19.1 Å². The summed E-state index contributed by atoms with van der Waals surface area (Å²) in [5.74, 6) is 0.0658. The molecule has 0 bridgehead atoms. The zero-order chi connectivity index (χ0) is 14.4. The molecule has 0 fully saturated rings. The molecule has 2 N–H and O–H groups in total. The largest absolute Gasteiger partial charge is 0.355 e. The molecular weight excluding hydrogens is 236 g/mol. The Kier molecular flexibility index (Phi) is 6.03. The molecule has 0 saturated heterocycles. The highest BCUT2D eigenvalue weighted by Gasteiger charge is 2.05. The van der Waals surface area contributed by atoms with Crippen LogP contribution in [-0.4, -0.2) is 25.0 Å². The molecular formula is C16H26N2O. The Morgan fingerprint density at radius 1 is 1.16 bits per heavy atom. The molecule has 19 heavy (non-hydrogen) atoms. The molecule has 1 aromatic rings. The summed E-state index contributed by atoms with van der Waals surface area (Å²) in [4.78, 5) is 11.6. The van der Waals surface area contributed by atoms with Gasteiger partial charge in [0.2, 0.25) is 5.91 Å². The number of benzene rings is 1. The van der Waals surface area contributed by atoms with Crippen LogP contribution in [0.5, 0.6) is 0 Å². The van der Waals surface area contributed by atoms with Crippen molar-refractivity contribution >= 4 is 5.91 Å². The van der Waals surface area contributed by atoms with Crippen LogP contribution >= 0.6 is 0 Å². The molecule has 0 aliphatic rings. The molecule has 0 saturated carbocycles. The summed E-state index contributed by atoms with van der Waals surface area (Å²) in [6.45, 7) is 11.5. The number of nitrogens with one attached hydrogen (secondary N) is 2. The molecule has 0 spiro atoms. The molecule has 1 rings (SSSR count). The van der Waals surface area contributed by atoms with Crippen molar-refractivity contribution in [2.75, 3.05) is 13.1 Å². The second-order valence-corrected chi connectivity index (χ2v) is 5.51. The lowest BCUT2D eigenvalue weighted by Crippen LogP contribution is -2.37. The number of amides is 1. The van der Waals surface area contributed by atoms with Gasteiger partial charge in [-0.25, -0.2) is 0 Å². The number of aryl methyl sites for hydroxylation is 3. The van der Waals surface area contributed by atoms with Gasteiger partial charge in [0.05, 0.1) is 6.54 Å². The van der Waals surface area contributed by atoms with Crippen LogP contribution in [0.25, 0.3) is 0 Å². The first-order valence-corrected chi connectivity index (χ1v) is 6.97. The van der Waals surface area contributed by atoms with Gasteiger partial charge >= 0.3 is 0 Å². The Hall–Kier alpha value is -1.35. The van der Waals surface area contributed by atoms with Gasteiger partial charge in [-0.05, 0) is 43.9 Å². The van der Waals surface area contributed by atoms with E-state index in [1.165, 1.54) is 22.3 Å². The van der Waals surface area contributed by atoms with Gasteiger partial charge in [0, 0.05) is 12.6 Å². The van der Waals surface area contributed by atoms with Gasteiger partial charge in [0.1, 0.15) is 0 Å². The van der Waals surface area contributed by atoms with Crippen LogP contribution in [0.4, 0.5) is 0 Å². The fourth-order valence-electron chi connectivity index (χ4n) is 2.29. The summed E-state index contributed by atoms with van der Waals surface area (Å²) in [6, 6.07) is 4.74. The predicted octanol–water partition coefficient (Wildman–Crippen LogP) is 2.27. The van der Waals surface area contributed by atoms with Gasteiger partial charge in [-0.2, -0.15) is 0 Å². The van der Waals surface area contributed by atoms with Crippen molar-refractivity contribution in [2.24, 2.45) is 0 Å². The SMILES string of the molecule is Cc1cc(C)c(CCNC(=O)CNC(C)C)c(C)c1. The zero-order valence-corrected chi connectivity index (χ0v) is 12.8. The molecule has 1 aromatic carbocycles. The molecule has 1 amide bonds. The highest BCUT2D eigenvalue weighted by Crippen LogP contribution is 2.16. The quantitative estimate of drug-likeness (QED) is 0.825. The first kappa shape index (κ1) is 15.7. The van der Waals surface area contributed by atoms with Crippen LogP contribution in [0.3, 0.4) is 0 Å². The summed E-state index contributed by atoms with van der Waals surface area (Å²) < 4.78 is 0. The molecule has 3 nitrogen and oxygen atoms in total. The molecule has 0 heterocycles. The highest BCUT2D eigenvalue weighted by atomic mass is 16.1. The van der Waals surface area contributed by atoms with Gasteiger partial charge < -0.3 is 10.6 Å². The third-order valence-electron chi connectivity index (χ3n) is 3.21. The zero-order valence-electron chi connectivity index (χ0n) is 12.8. The second kappa shape index (κ2) is 7.29. The van der Waals surface area contributed by atoms with Gasteiger partial charge in [0.25, 0.3) is 0 Å². The van der Waals surface area contributed by atoms with E-state index in [4.69, 9.17) is 0 Å². The summed E-state index contributed by atoms with van der Waals surface area (Å²) in [6.07, 6.45) is 0.894. The number of rotatable bonds is 6. The van der Waals surface area contributed by atoms with Gasteiger partial charge in [-0.1, -0.05) is 31.5 Å². The number of carbonyl (C=O) groups excluding carboxylic acids is 1. The lowest BCUT2D eigenvalue weighted by atomic mass is 9.97. The average Bonchev–Trinajstić information content (AvgIpc) is 2.29. The summed E-state index contributed by atoms with van der Waals surface area (Å²) in [7, 11) is 0. The minimum absolute atomic E-state index is 0.0658. The summed E-state index contributed by atoms with van der Waals surface area (Å²) in [5.41, 5.74) is 5.27. The van der Waals surface area contributed by atoms with E-state index in [2.05, 4.69) is 43.5 Å². The van der Waals surface area contributed by atoms with Gasteiger partial charge in [-0.3, -0.25) is 4.79 Å². The van der Waals surface area contributed by atoms with Crippen LogP contribution in [0.15, 0.2) is 12.1 Å². The number of hydrogen-bond acceptors (Lipinski definition) is 2. The van der Waals surface area contributed by atoms with Crippen molar-refractivity contribution in [1.82, 2.24) is 10.6 Å². The van der Waals surface area contributed by atoms with E-state index in [1.54, 1.807) is 0 Å². The maximum Gasteiger partial charge on any atom is 0.233 e. The van der Waals surface area contributed by atoms with Crippen molar-refractivity contribution in [2.45, 2.75) is 47.1 Å². The van der Waals surface area contributed by atoms with Crippen LogP contribution in [0.1, 0.15) is 36.1 Å². The Bertz CT molecular complexity index is 415. The van der Waals surface area contributed by atoms with E-state index in [1.807, 2.05) is 13.8 Å². The van der Waals surface area contributed by atoms with E-state index in [0.717, 1.165) is 6.42 Å². The van der Waals surface area contributed by atoms with Crippen molar-refractivity contribution in [3.8, 4) is 0 Å². The average molecular weight is 262 g/mol. The molecule has 0 radical (unpaired) electrons. The maximum atomic E-state index is 11.6. The summed E-state index contributed by atoms with van der Waals surface area (Å²) in [5, 5.41) is 6.07. The third-order valence-corrected chi connectivity index (χ3v) is 3.21. The molecule has 3 heteroatoms. The Morgan fingerprint density at radius 2 is 1.74 bits per heavy atom. The first-order valence-electron chi connectivity index (χ1n) is 6.97. The van der Waals surface area contributed by atoms with Crippen molar-refractivity contribution in [1.29, 1.82) is 0 Å². The smallest absolute Gasteiger partial charge is 0.233 e. The molecule has 106 valence electrons. The fourth-order valence-corrected chi connectivity index (χ4v) is 2.29. The van der Waals surface area contributed by atoms with Crippen LogP contribution in [0.2, 0.25) is 0 Å². The summed E-state index contributed by atoms with van der Waals surface area (Å²) >= 11 is 0. The normalized spacial score (nSPS) is 10.8. The topological polar surface area (TPSA) is 41.1 Å². The first-order chi connectivity index (χ1) is 8.90. The van der Waals surface area contributed by atoms with Gasteiger partial charge in [-0.15, -0.1) is 0 Å². The minimum atomic E-state index is 0.0658. The monoisotopic (exact) mass is 262 g/mol. The van der Waals surface area contributed by atoms with E-state index in [9.17, 15) is 4.79 Å². The fraction of sp³-hybridized carbons (Fsp3) is 0.562. The Morgan fingerprint density at radius 3 is 2.26 bits per heavy atom. The molecule has 0 aromatic heterocycles. The third kappa shape index (κ3) is 5.43. The molecule has 0 unspecified atom stereocenters. The van der Waals surface area contributed by atoms with E-state index < -0.39 is 0 Å². The van der Waals surface area contributed by atoms with Crippen molar-refractivity contribution < 1.29 is 4.79 Å². The Labute approximate surface area is 116 Å². The van der Waals surface area contributed by atoms with E-state index >= 15 is 0 Å². The van der Waals surface area contributed by atoms with Gasteiger partial charge in [0.15, 0.2) is 0 Å². The standard InChI is InChI=1S/C16H26N2O/c1-11(2)18-10-16(19)17-7-6-15-13(4)8-12(3)9-14(15)5/h8-9,11,18H,6-7,10H2,1-5H3,(H,17,19). The van der Waals surface area contributed by atoms with E-state index in [-0.39, 0.29) is 5.91 Å². The molecule has 0 aliphatic heterocycles. The van der Waals surface area contributed by atoms with Crippen LogP contribution in [-0.2, 0) is 11.2 Å². The van der Waals surface area contributed by atoms with Crippen LogP contribution in [0, 0.1) is 20.8 Å². The second-order valence-electron chi connectivity index (χ2n) is 5.51. The minimum Gasteiger partial charge on any atom is -0.355 e. The number of carbonyl (C=O) groups is 1. The molecule has 0 aliphatic carbocycles. The lowest BCUT2D eigenvalue weighted by Gasteiger charge is -2.12. The highest BCUT2D eigenvalue weighted by molar-refractivity contribution is 5.78. The van der Waals surface area contributed by atoms with Crippen molar-refractivity contribution in [3.63, 3.8) is 0 Å². The number of hydrogen-bond donors (Lipinski definition) is 2. The Balaban J connectivity index is 2.43. The predicted molar refractivity (Wildman–Crippen MR) is 80.5 cm³/mol. The van der Waals surface area contributed by atoms with Crippen molar-refractivity contribution in [3.05, 3.63) is 34.4 Å². The van der Waals surface area contributed by atoms with Crippen LogP contribution < -0.4 is 10.6 Å². The lowest BCUT2D eigenvalue weighted by molar-refractivity contribution is -0.120. The molecule has 0 atom stereocenters.